The zero-order valence-electron chi connectivity index (χ0n) is 14.7. The minimum Gasteiger partial charge on any atom is -0.491 e. The van der Waals surface area contributed by atoms with Gasteiger partial charge in [-0.15, -0.1) is 0 Å². The normalized spacial score (nSPS) is 21.9. The Balaban J connectivity index is 1.58. The number of benzene rings is 1. The average Bonchev–Trinajstić information content (AvgIpc) is 3.14. The second-order valence-electron chi connectivity index (χ2n) is 6.89. The quantitative estimate of drug-likeness (QED) is 0.769. The van der Waals surface area contributed by atoms with Crippen LogP contribution in [0.3, 0.4) is 0 Å². The second-order valence-corrected chi connectivity index (χ2v) is 6.89. The maximum Gasteiger partial charge on any atom is 0.305 e. The standard InChI is InChI=1S/C19H25NO6/c21-17(22)12-19(7-10-24-11-8-19)20-18(23)14-3-5-15(6-4-14)26-13-16-2-1-9-25-16/h3-6,16H,1-2,7-13H2,(H,20,23)(H,21,22)/t16-/m0/s1. The van der Waals surface area contributed by atoms with E-state index in [9.17, 15) is 14.7 Å². The summed E-state index contributed by atoms with van der Waals surface area (Å²) in [5.74, 6) is -0.521. The molecule has 3 rings (SSSR count). The van der Waals surface area contributed by atoms with Gasteiger partial charge in [-0.1, -0.05) is 0 Å². The number of ether oxygens (including phenoxy) is 3. The molecule has 1 amide bonds. The van der Waals surface area contributed by atoms with E-state index in [0.29, 0.717) is 44.0 Å². The van der Waals surface area contributed by atoms with Crippen molar-refractivity contribution in [3.8, 4) is 5.75 Å². The molecule has 142 valence electrons. The van der Waals surface area contributed by atoms with Gasteiger partial charge in [-0.25, -0.2) is 0 Å². The van der Waals surface area contributed by atoms with Crippen molar-refractivity contribution in [1.29, 1.82) is 0 Å². The SMILES string of the molecule is O=C(O)CC1(NC(=O)c2ccc(OC[C@@H]3CCCO3)cc2)CCOCC1. The molecule has 2 fully saturated rings. The van der Waals surface area contributed by atoms with Gasteiger partial charge in [0.1, 0.15) is 12.4 Å². The van der Waals surface area contributed by atoms with Crippen LogP contribution in [0.1, 0.15) is 42.5 Å². The molecule has 1 aromatic carbocycles. The van der Waals surface area contributed by atoms with Gasteiger partial charge < -0.3 is 24.6 Å². The van der Waals surface area contributed by atoms with E-state index < -0.39 is 11.5 Å². The molecule has 0 aliphatic carbocycles. The summed E-state index contributed by atoms with van der Waals surface area (Å²) in [6.07, 6.45) is 3.10. The van der Waals surface area contributed by atoms with Crippen LogP contribution in [0.15, 0.2) is 24.3 Å². The van der Waals surface area contributed by atoms with E-state index in [1.165, 1.54) is 0 Å². The lowest BCUT2D eigenvalue weighted by atomic mass is 9.86. The lowest BCUT2D eigenvalue weighted by molar-refractivity contribution is -0.139. The van der Waals surface area contributed by atoms with E-state index in [4.69, 9.17) is 14.2 Å². The fraction of sp³-hybridized carbons (Fsp3) is 0.579. The number of rotatable bonds is 7. The predicted molar refractivity (Wildman–Crippen MR) is 93.4 cm³/mol. The number of carbonyl (C=O) groups is 2. The summed E-state index contributed by atoms with van der Waals surface area (Å²) in [7, 11) is 0. The van der Waals surface area contributed by atoms with Gasteiger partial charge in [-0.05, 0) is 49.9 Å². The summed E-state index contributed by atoms with van der Waals surface area (Å²) in [4.78, 5) is 23.8. The van der Waals surface area contributed by atoms with Crippen LogP contribution in [-0.2, 0) is 14.3 Å². The Bertz CT molecular complexity index is 617. The molecule has 2 heterocycles. The highest BCUT2D eigenvalue weighted by atomic mass is 16.5. The van der Waals surface area contributed by atoms with Crippen molar-refractivity contribution in [2.45, 2.75) is 43.7 Å². The lowest BCUT2D eigenvalue weighted by Crippen LogP contribution is -2.53. The van der Waals surface area contributed by atoms with Crippen LogP contribution >= 0.6 is 0 Å². The minimum atomic E-state index is -0.926. The van der Waals surface area contributed by atoms with E-state index in [1.54, 1.807) is 24.3 Å². The zero-order valence-corrected chi connectivity index (χ0v) is 14.7. The number of hydrogen-bond donors (Lipinski definition) is 2. The van der Waals surface area contributed by atoms with Crippen molar-refractivity contribution < 1.29 is 28.9 Å². The number of aliphatic carboxylic acids is 1. The zero-order chi connectivity index (χ0) is 18.4. The molecule has 1 aromatic rings. The van der Waals surface area contributed by atoms with Crippen molar-refractivity contribution in [3.05, 3.63) is 29.8 Å². The van der Waals surface area contributed by atoms with Crippen LogP contribution < -0.4 is 10.1 Å². The van der Waals surface area contributed by atoms with Crippen molar-refractivity contribution in [2.24, 2.45) is 0 Å². The number of carbonyl (C=O) groups excluding carboxylic acids is 1. The Morgan fingerprint density at radius 2 is 1.92 bits per heavy atom. The van der Waals surface area contributed by atoms with Crippen molar-refractivity contribution in [1.82, 2.24) is 5.32 Å². The number of nitrogens with one attached hydrogen (secondary N) is 1. The predicted octanol–water partition coefficient (Wildman–Crippen LogP) is 2.00. The van der Waals surface area contributed by atoms with Crippen molar-refractivity contribution in [2.75, 3.05) is 26.4 Å². The van der Waals surface area contributed by atoms with E-state index >= 15 is 0 Å². The molecule has 7 nitrogen and oxygen atoms in total. The van der Waals surface area contributed by atoms with E-state index in [0.717, 1.165) is 19.4 Å². The fourth-order valence-corrected chi connectivity index (χ4v) is 3.38. The fourth-order valence-electron chi connectivity index (χ4n) is 3.38. The Morgan fingerprint density at radius 1 is 1.19 bits per heavy atom. The molecule has 0 bridgehead atoms. The minimum absolute atomic E-state index is 0.106. The van der Waals surface area contributed by atoms with Crippen LogP contribution in [0.2, 0.25) is 0 Å². The topological polar surface area (TPSA) is 94.1 Å². The molecule has 0 unspecified atom stereocenters. The summed E-state index contributed by atoms with van der Waals surface area (Å²) in [5, 5.41) is 12.1. The number of amides is 1. The highest BCUT2D eigenvalue weighted by Crippen LogP contribution is 2.25. The second kappa shape index (κ2) is 8.51. The van der Waals surface area contributed by atoms with Crippen LogP contribution in [0.25, 0.3) is 0 Å². The molecular weight excluding hydrogens is 338 g/mol. The van der Waals surface area contributed by atoms with E-state index in [1.807, 2.05) is 0 Å². The van der Waals surface area contributed by atoms with Gasteiger partial charge in [0.15, 0.2) is 0 Å². The summed E-state index contributed by atoms with van der Waals surface area (Å²) in [6.45, 7) is 2.19. The summed E-state index contributed by atoms with van der Waals surface area (Å²) in [6, 6.07) is 6.87. The first-order valence-electron chi connectivity index (χ1n) is 9.03. The molecule has 1 atom stereocenters. The number of carboxylic acids is 1. The molecule has 0 spiro atoms. The molecule has 2 saturated heterocycles. The smallest absolute Gasteiger partial charge is 0.305 e. The highest BCUT2D eigenvalue weighted by molar-refractivity contribution is 5.95. The molecule has 2 N–H and O–H groups in total. The molecule has 2 aliphatic heterocycles. The summed E-state index contributed by atoms with van der Waals surface area (Å²) in [5.41, 5.74) is -0.276. The van der Waals surface area contributed by atoms with E-state index in [2.05, 4.69) is 5.32 Å². The third-order valence-electron chi connectivity index (χ3n) is 4.89. The third-order valence-corrected chi connectivity index (χ3v) is 4.89. The molecule has 0 aromatic heterocycles. The lowest BCUT2D eigenvalue weighted by Gasteiger charge is -2.36. The van der Waals surface area contributed by atoms with E-state index in [-0.39, 0.29) is 18.4 Å². The van der Waals surface area contributed by atoms with Crippen molar-refractivity contribution >= 4 is 11.9 Å². The van der Waals surface area contributed by atoms with Gasteiger partial charge in [0.2, 0.25) is 0 Å². The number of carboxylic acid groups (broad SMARTS) is 1. The monoisotopic (exact) mass is 363 g/mol. The number of hydrogen-bond acceptors (Lipinski definition) is 5. The van der Waals surface area contributed by atoms with Gasteiger partial charge in [0.25, 0.3) is 5.91 Å². The molecule has 0 saturated carbocycles. The van der Waals surface area contributed by atoms with Crippen LogP contribution in [0.4, 0.5) is 0 Å². The molecule has 0 radical (unpaired) electrons. The Kier molecular flexibility index (Phi) is 6.11. The molecule has 2 aliphatic rings. The maximum atomic E-state index is 12.6. The molecule has 26 heavy (non-hydrogen) atoms. The molecule has 7 heteroatoms. The van der Waals surface area contributed by atoms with Gasteiger partial charge in [0.05, 0.1) is 18.1 Å². The third kappa shape index (κ3) is 4.95. The Hall–Kier alpha value is -2.12. The van der Waals surface area contributed by atoms with Crippen molar-refractivity contribution in [3.63, 3.8) is 0 Å². The summed E-state index contributed by atoms with van der Waals surface area (Å²) >= 11 is 0. The Morgan fingerprint density at radius 3 is 2.54 bits per heavy atom. The van der Waals surface area contributed by atoms with Gasteiger partial charge in [-0.3, -0.25) is 9.59 Å². The molecular formula is C19H25NO6. The van der Waals surface area contributed by atoms with Crippen LogP contribution in [0, 0.1) is 0 Å². The van der Waals surface area contributed by atoms with Gasteiger partial charge in [-0.2, -0.15) is 0 Å². The first-order chi connectivity index (χ1) is 12.6. The average molecular weight is 363 g/mol. The maximum absolute atomic E-state index is 12.6. The Labute approximate surface area is 152 Å². The first kappa shape index (κ1) is 18.7. The van der Waals surface area contributed by atoms with Gasteiger partial charge in [0, 0.05) is 25.4 Å². The van der Waals surface area contributed by atoms with Crippen LogP contribution in [0.5, 0.6) is 5.75 Å². The highest BCUT2D eigenvalue weighted by Gasteiger charge is 2.36. The summed E-state index contributed by atoms with van der Waals surface area (Å²) < 4.78 is 16.5. The largest absolute Gasteiger partial charge is 0.491 e. The van der Waals surface area contributed by atoms with Crippen LogP contribution in [-0.4, -0.2) is 55.1 Å². The van der Waals surface area contributed by atoms with Gasteiger partial charge >= 0.3 is 5.97 Å². The first-order valence-corrected chi connectivity index (χ1v) is 9.03.